The highest BCUT2D eigenvalue weighted by Crippen LogP contribution is 2.37. The van der Waals surface area contributed by atoms with Gasteiger partial charge in [-0.05, 0) is 72.3 Å². The molecule has 8 heteroatoms. The molecule has 1 aliphatic rings. The highest BCUT2D eigenvalue weighted by Gasteiger charge is 2.36. The van der Waals surface area contributed by atoms with E-state index in [1.807, 2.05) is 78.7 Å². The predicted octanol–water partition coefficient (Wildman–Crippen LogP) is 6.71. The van der Waals surface area contributed by atoms with Gasteiger partial charge in [-0.3, -0.25) is 4.98 Å². The van der Waals surface area contributed by atoms with Gasteiger partial charge in [-0.2, -0.15) is 0 Å². The molecule has 1 N–H and O–H groups in total. The second-order valence-corrected chi connectivity index (χ2v) is 10.9. The van der Waals surface area contributed by atoms with Crippen molar-refractivity contribution in [1.29, 1.82) is 0 Å². The van der Waals surface area contributed by atoms with Crippen LogP contribution in [-0.4, -0.2) is 49.2 Å². The first-order valence-corrected chi connectivity index (χ1v) is 13.3. The van der Waals surface area contributed by atoms with Crippen LogP contribution in [0.5, 0.6) is 0 Å². The first-order chi connectivity index (χ1) is 19.3. The molecule has 0 amide bonds. The van der Waals surface area contributed by atoms with Gasteiger partial charge in [-0.25, -0.2) is 4.79 Å². The van der Waals surface area contributed by atoms with Gasteiger partial charge in [0.05, 0.1) is 42.3 Å². The van der Waals surface area contributed by atoms with Gasteiger partial charge in [0.1, 0.15) is 6.29 Å². The van der Waals surface area contributed by atoms with E-state index in [4.69, 9.17) is 16.3 Å². The zero-order valence-electron chi connectivity index (χ0n) is 22.3. The maximum atomic E-state index is 12.5. The molecule has 3 aromatic carbocycles. The Balaban J connectivity index is 1.51. The van der Waals surface area contributed by atoms with Crippen LogP contribution in [0.4, 0.5) is 22.7 Å². The maximum absolute atomic E-state index is 12.5. The Labute approximate surface area is 238 Å². The molecular formula is C32H30ClN3O4. The first-order valence-electron chi connectivity index (χ1n) is 13.0. The van der Waals surface area contributed by atoms with E-state index in [9.17, 15) is 14.7 Å². The summed E-state index contributed by atoms with van der Waals surface area (Å²) in [6.07, 6.45) is 2.51. The lowest BCUT2D eigenvalue weighted by molar-refractivity contribution is -0.108. The number of carbonyl (C=O) groups is 2. The molecule has 1 aromatic heterocycles. The zero-order chi connectivity index (χ0) is 28.3. The van der Waals surface area contributed by atoms with Gasteiger partial charge in [-0.1, -0.05) is 36.7 Å². The number of aldehydes is 1. The monoisotopic (exact) mass is 555 g/mol. The van der Waals surface area contributed by atoms with Crippen molar-refractivity contribution < 1.29 is 19.4 Å². The number of benzene rings is 3. The number of nitrogens with zero attached hydrogens (tertiary/aromatic N) is 3. The number of carboxylic acid groups (broad SMARTS) is 1. The van der Waals surface area contributed by atoms with Crippen LogP contribution >= 0.6 is 11.6 Å². The molecular weight excluding hydrogens is 526 g/mol. The predicted molar refractivity (Wildman–Crippen MR) is 157 cm³/mol. The lowest BCUT2D eigenvalue weighted by atomic mass is 9.87. The molecule has 4 aromatic rings. The lowest BCUT2D eigenvalue weighted by Gasteiger charge is -2.42. The minimum absolute atomic E-state index is 0.0766. The van der Waals surface area contributed by atoms with E-state index in [1.54, 1.807) is 24.4 Å². The smallest absolute Gasteiger partial charge is 0.335 e. The van der Waals surface area contributed by atoms with Crippen LogP contribution in [0.2, 0.25) is 5.02 Å². The molecule has 40 heavy (non-hydrogen) atoms. The standard InChI is InChI=1S/C32H30ClN3O4/c1-32(20-40-21-32)19-36(26-6-4-3-5-7-26)28-15-22(14-23(16-28)31(38)39)29(18-37)30-13-12-27(17-34-30)35(2)25-10-8-24(33)9-11-25/h3-18,29H,19-21H2,1-2H3,(H,38,39). The van der Waals surface area contributed by atoms with Crippen LogP contribution in [0.15, 0.2) is 91.1 Å². The van der Waals surface area contributed by atoms with Crippen molar-refractivity contribution in [2.75, 3.05) is 36.6 Å². The van der Waals surface area contributed by atoms with Crippen molar-refractivity contribution in [2.24, 2.45) is 5.41 Å². The molecule has 1 unspecified atom stereocenters. The maximum Gasteiger partial charge on any atom is 0.335 e. The topological polar surface area (TPSA) is 83.0 Å². The van der Waals surface area contributed by atoms with Gasteiger partial charge >= 0.3 is 5.97 Å². The Hall–Kier alpha value is -4.20. The van der Waals surface area contributed by atoms with E-state index in [-0.39, 0.29) is 11.0 Å². The second-order valence-electron chi connectivity index (χ2n) is 10.4. The van der Waals surface area contributed by atoms with E-state index in [1.165, 1.54) is 0 Å². The highest BCUT2D eigenvalue weighted by atomic mass is 35.5. The minimum atomic E-state index is -1.06. The van der Waals surface area contributed by atoms with Crippen LogP contribution in [0.3, 0.4) is 0 Å². The van der Waals surface area contributed by atoms with Gasteiger partial charge in [0.15, 0.2) is 0 Å². The molecule has 2 heterocycles. The normalized spacial score (nSPS) is 14.6. The van der Waals surface area contributed by atoms with Crippen molar-refractivity contribution in [1.82, 2.24) is 4.98 Å². The molecule has 0 saturated carbocycles. The third-order valence-electron chi connectivity index (χ3n) is 7.19. The molecule has 1 saturated heterocycles. The largest absolute Gasteiger partial charge is 0.478 e. The van der Waals surface area contributed by atoms with Crippen molar-refractivity contribution >= 4 is 46.6 Å². The molecule has 204 valence electrons. The Morgan fingerprint density at radius 3 is 2.27 bits per heavy atom. The molecule has 1 aliphatic heterocycles. The van der Waals surface area contributed by atoms with Crippen molar-refractivity contribution in [2.45, 2.75) is 12.8 Å². The average molecular weight is 556 g/mol. The molecule has 1 fully saturated rings. The van der Waals surface area contributed by atoms with Gasteiger partial charge < -0.3 is 24.4 Å². The lowest BCUT2D eigenvalue weighted by Crippen LogP contribution is -2.47. The van der Waals surface area contributed by atoms with E-state index < -0.39 is 11.9 Å². The van der Waals surface area contributed by atoms with Crippen LogP contribution in [0, 0.1) is 5.41 Å². The number of hydrogen-bond donors (Lipinski definition) is 1. The van der Waals surface area contributed by atoms with Crippen LogP contribution in [0.1, 0.15) is 34.5 Å². The number of ether oxygens (including phenoxy) is 1. The van der Waals surface area contributed by atoms with Gasteiger partial charge in [0.2, 0.25) is 0 Å². The third-order valence-corrected chi connectivity index (χ3v) is 7.45. The summed E-state index contributed by atoms with van der Waals surface area (Å²) in [5, 5.41) is 10.6. The summed E-state index contributed by atoms with van der Waals surface area (Å²) in [7, 11) is 1.92. The zero-order valence-corrected chi connectivity index (χ0v) is 23.1. The molecule has 0 aliphatic carbocycles. The third kappa shape index (κ3) is 5.86. The Morgan fingerprint density at radius 1 is 1.00 bits per heavy atom. The number of aromatic carboxylic acids is 1. The molecule has 0 bridgehead atoms. The molecule has 0 radical (unpaired) electrons. The SMILES string of the molecule is CN(c1ccc(Cl)cc1)c1ccc(C(C=O)c2cc(C(=O)O)cc(N(CC3(C)COC3)c3ccccc3)c2)nc1. The minimum Gasteiger partial charge on any atom is -0.478 e. The number of carboxylic acids is 1. The Morgan fingerprint density at radius 2 is 1.70 bits per heavy atom. The second kappa shape index (κ2) is 11.5. The number of anilines is 4. The number of hydrogen-bond acceptors (Lipinski definition) is 6. The summed E-state index contributed by atoms with van der Waals surface area (Å²) in [4.78, 5) is 33.3. The van der Waals surface area contributed by atoms with E-state index in [2.05, 4.69) is 16.8 Å². The number of halogens is 1. The summed E-state index contributed by atoms with van der Waals surface area (Å²) in [6, 6.07) is 26.1. The molecule has 5 rings (SSSR count). The van der Waals surface area contributed by atoms with E-state index >= 15 is 0 Å². The van der Waals surface area contributed by atoms with Crippen molar-refractivity contribution in [3.8, 4) is 0 Å². The van der Waals surface area contributed by atoms with E-state index in [0.29, 0.717) is 41.7 Å². The van der Waals surface area contributed by atoms with E-state index in [0.717, 1.165) is 23.3 Å². The number of para-hydroxylation sites is 1. The summed E-state index contributed by atoms with van der Waals surface area (Å²) in [5.74, 6) is -1.81. The number of aromatic nitrogens is 1. The fourth-order valence-corrected chi connectivity index (χ4v) is 5.00. The summed E-state index contributed by atoms with van der Waals surface area (Å²) < 4.78 is 5.48. The van der Waals surface area contributed by atoms with Crippen LogP contribution < -0.4 is 9.80 Å². The average Bonchev–Trinajstić information content (AvgIpc) is 2.96. The van der Waals surface area contributed by atoms with Gasteiger partial charge in [0, 0.05) is 41.1 Å². The number of rotatable bonds is 10. The summed E-state index contributed by atoms with van der Waals surface area (Å²) in [6.45, 7) is 4.03. The molecule has 7 nitrogen and oxygen atoms in total. The fraction of sp³-hybridized carbons (Fsp3) is 0.219. The molecule has 1 atom stereocenters. The van der Waals surface area contributed by atoms with Crippen molar-refractivity contribution in [3.63, 3.8) is 0 Å². The fourth-order valence-electron chi connectivity index (χ4n) is 4.87. The van der Waals surface area contributed by atoms with Crippen LogP contribution in [0.25, 0.3) is 0 Å². The highest BCUT2D eigenvalue weighted by molar-refractivity contribution is 6.30. The number of carbonyl (C=O) groups excluding carboxylic acids is 1. The first kappa shape index (κ1) is 27.4. The van der Waals surface area contributed by atoms with Gasteiger partial charge in [-0.15, -0.1) is 0 Å². The summed E-state index contributed by atoms with van der Waals surface area (Å²) >= 11 is 6.02. The molecule has 0 spiro atoms. The Kier molecular flexibility index (Phi) is 7.87. The van der Waals surface area contributed by atoms with Gasteiger partial charge in [0.25, 0.3) is 0 Å². The van der Waals surface area contributed by atoms with Crippen LogP contribution in [-0.2, 0) is 9.53 Å². The quantitative estimate of drug-likeness (QED) is 0.218. The van der Waals surface area contributed by atoms with Crippen molar-refractivity contribution in [3.05, 3.63) is 113 Å². The Bertz CT molecular complexity index is 1490. The summed E-state index contributed by atoms with van der Waals surface area (Å²) in [5.41, 5.74) is 4.52. The number of pyridine rings is 1.